The quantitative estimate of drug-likeness (QED) is 0.629. The number of carbonyl (C=O) groups excluding carboxylic acids is 2. The molecule has 0 radical (unpaired) electrons. The third-order valence-electron chi connectivity index (χ3n) is 3.97. The number of benzene rings is 1. The molecule has 0 bridgehead atoms. The molecule has 1 fully saturated rings. The average molecular weight is 365 g/mol. The van der Waals surface area contributed by atoms with E-state index in [1.54, 1.807) is 16.7 Å². The number of nitrogens with zero attached hydrogens (tertiary/aromatic N) is 1. The summed E-state index contributed by atoms with van der Waals surface area (Å²) in [5.74, 6) is 0.152. The van der Waals surface area contributed by atoms with Crippen molar-refractivity contribution in [2.75, 3.05) is 19.0 Å². The van der Waals surface area contributed by atoms with Gasteiger partial charge in [0.25, 0.3) is 0 Å². The fourth-order valence-electron chi connectivity index (χ4n) is 2.75. The summed E-state index contributed by atoms with van der Waals surface area (Å²) in [5.41, 5.74) is 1.02. The normalized spacial score (nSPS) is 19.8. The van der Waals surface area contributed by atoms with Crippen LogP contribution in [0.25, 0.3) is 0 Å². The van der Waals surface area contributed by atoms with Crippen LogP contribution in [0.4, 0.5) is 0 Å². The zero-order valence-electron chi connectivity index (χ0n) is 15.0. The van der Waals surface area contributed by atoms with Gasteiger partial charge in [-0.25, -0.2) is 4.79 Å². The summed E-state index contributed by atoms with van der Waals surface area (Å²) in [6.07, 6.45) is 2.60. The molecule has 138 valence electrons. The molecule has 0 aromatic heterocycles. The van der Waals surface area contributed by atoms with E-state index in [1.165, 1.54) is 0 Å². The molecule has 2 atom stereocenters. The second-order valence-corrected chi connectivity index (χ2v) is 7.25. The second kappa shape index (κ2) is 10.5. The van der Waals surface area contributed by atoms with E-state index in [2.05, 4.69) is 6.92 Å². The van der Waals surface area contributed by atoms with Crippen molar-refractivity contribution in [2.24, 2.45) is 0 Å². The third kappa shape index (κ3) is 5.75. The molecule has 1 amide bonds. The molecule has 25 heavy (non-hydrogen) atoms. The van der Waals surface area contributed by atoms with Gasteiger partial charge in [-0.15, -0.1) is 11.8 Å². The minimum absolute atomic E-state index is 0.0206. The Bertz CT molecular complexity index is 552. The van der Waals surface area contributed by atoms with Crippen molar-refractivity contribution in [3.8, 4) is 0 Å². The van der Waals surface area contributed by atoms with Crippen LogP contribution in [-0.2, 0) is 25.7 Å². The highest BCUT2D eigenvalue weighted by Gasteiger charge is 2.41. The van der Waals surface area contributed by atoms with E-state index in [-0.39, 0.29) is 23.9 Å². The summed E-state index contributed by atoms with van der Waals surface area (Å²) in [6, 6.07) is 9.24. The Morgan fingerprint density at radius 2 is 1.96 bits per heavy atom. The smallest absolute Gasteiger partial charge is 0.329 e. The maximum absolute atomic E-state index is 12.7. The van der Waals surface area contributed by atoms with Crippen LogP contribution in [0.5, 0.6) is 0 Å². The van der Waals surface area contributed by atoms with E-state index in [0.29, 0.717) is 19.0 Å². The van der Waals surface area contributed by atoms with Gasteiger partial charge in [0.15, 0.2) is 0 Å². The standard InChI is InChI=1S/C19H27NO4S/c1-3-8-18-20(16(14-25-18)19(22)24-11-4-2)17(21)13-23-12-15-9-6-5-7-10-15/h5-7,9-10,16,18H,3-4,8,11-14H2,1-2H3. The van der Waals surface area contributed by atoms with Crippen LogP contribution in [-0.4, -0.2) is 47.2 Å². The second-order valence-electron chi connectivity index (χ2n) is 6.04. The summed E-state index contributed by atoms with van der Waals surface area (Å²) >= 11 is 1.65. The van der Waals surface area contributed by atoms with Crippen molar-refractivity contribution in [2.45, 2.75) is 51.1 Å². The Hall–Kier alpha value is -1.53. The van der Waals surface area contributed by atoms with Gasteiger partial charge < -0.3 is 14.4 Å². The number of thioether (sulfide) groups is 1. The van der Waals surface area contributed by atoms with Crippen LogP contribution in [0, 0.1) is 0 Å². The Morgan fingerprint density at radius 1 is 1.20 bits per heavy atom. The van der Waals surface area contributed by atoms with E-state index >= 15 is 0 Å². The molecule has 2 rings (SSSR count). The molecule has 2 unspecified atom stereocenters. The molecule has 1 heterocycles. The number of ether oxygens (including phenoxy) is 2. The lowest BCUT2D eigenvalue weighted by atomic mass is 10.2. The molecule has 1 aromatic carbocycles. The monoisotopic (exact) mass is 365 g/mol. The summed E-state index contributed by atoms with van der Waals surface area (Å²) in [6.45, 7) is 4.80. The van der Waals surface area contributed by atoms with E-state index in [9.17, 15) is 9.59 Å². The fraction of sp³-hybridized carbons (Fsp3) is 0.579. The predicted molar refractivity (Wildman–Crippen MR) is 99.1 cm³/mol. The number of rotatable bonds is 9. The van der Waals surface area contributed by atoms with Gasteiger partial charge in [-0.05, 0) is 18.4 Å². The van der Waals surface area contributed by atoms with E-state index in [0.717, 1.165) is 24.8 Å². The van der Waals surface area contributed by atoms with Crippen molar-refractivity contribution in [1.82, 2.24) is 4.90 Å². The molecule has 1 saturated heterocycles. The van der Waals surface area contributed by atoms with Gasteiger partial charge in [0.1, 0.15) is 12.6 Å². The molecule has 0 saturated carbocycles. The van der Waals surface area contributed by atoms with Gasteiger partial charge in [0, 0.05) is 5.75 Å². The van der Waals surface area contributed by atoms with Crippen molar-refractivity contribution >= 4 is 23.6 Å². The number of carbonyl (C=O) groups is 2. The van der Waals surface area contributed by atoms with Crippen LogP contribution in [0.2, 0.25) is 0 Å². The lowest BCUT2D eigenvalue weighted by Crippen LogP contribution is -2.47. The van der Waals surface area contributed by atoms with Gasteiger partial charge in [-0.2, -0.15) is 0 Å². The predicted octanol–water partition coefficient (Wildman–Crippen LogP) is 3.23. The van der Waals surface area contributed by atoms with Gasteiger partial charge in [-0.1, -0.05) is 50.6 Å². The minimum atomic E-state index is -0.499. The van der Waals surface area contributed by atoms with Gasteiger partial charge in [0.05, 0.1) is 18.6 Å². The molecule has 6 heteroatoms. The number of hydrogen-bond donors (Lipinski definition) is 0. The molecular formula is C19H27NO4S. The third-order valence-corrected chi connectivity index (χ3v) is 5.33. The molecular weight excluding hydrogens is 338 g/mol. The maximum atomic E-state index is 12.7. The first-order chi connectivity index (χ1) is 12.2. The highest BCUT2D eigenvalue weighted by Crippen LogP contribution is 2.32. The van der Waals surface area contributed by atoms with Crippen molar-refractivity contribution in [3.63, 3.8) is 0 Å². The molecule has 1 aromatic rings. The van der Waals surface area contributed by atoms with E-state index in [1.807, 2.05) is 37.3 Å². The SMILES string of the molecule is CCCOC(=O)C1CSC(CCC)N1C(=O)COCc1ccccc1. The number of esters is 1. The molecule has 1 aliphatic rings. The molecule has 0 aliphatic carbocycles. The van der Waals surface area contributed by atoms with Crippen LogP contribution >= 0.6 is 11.8 Å². The Balaban J connectivity index is 1.94. The van der Waals surface area contributed by atoms with Gasteiger partial charge in [0.2, 0.25) is 5.91 Å². The average Bonchev–Trinajstić information content (AvgIpc) is 3.04. The molecule has 5 nitrogen and oxygen atoms in total. The molecule has 0 spiro atoms. The fourth-order valence-corrected chi connectivity index (χ4v) is 4.28. The van der Waals surface area contributed by atoms with Crippen LogP contribution in [0.15, 0.2) is 30.3 Å². The largest absolute Gasteiger partial charge is 0.464 e. The summed E-state index contributed by atoms with van der Waals surface area (Å²) < 4.78 is 10.8. The minimum Gasteiger partial charge on any atom is -0.464 e. The summed E-state index contributed by atoms with van der Waals surface area (Å²) in [4.78, 5) is 26.7. The topological polar surface area (TPSA) is 55.8 Å². The number of hydrogen-bond acceptors (Lipinski definition) is 5. The number of amides is 1. The lowest BCUT2D eigenvalue weighted by Gasteiger charge is -2.28. The van der Waals surface area contributed by atoms with Crippen molar-refractivity contribution < 1.29 is 19.1 Å². The van der Waals surface area contributed by atoms with Crippen LogP contribution in [0.3, 0.4) is 0 Å². The molecule has 0 N–H and O–H groups in total. The Morgan fingerprint density at radius 3 is 2.64 bits per heavy atom. The van der Waals surface area contributed by atoms with Crippen LogP contribution in [0.1, 0.15) is 38.7 Å². The highest BCUT2D eigenvalue weighted by molar-refractivity contribution is 8.00. The van der Waals surface area contributed by atoms with E-state index < -0.39 is 6.04 Å². The van der Waals surface area contributed by atoms with Crippen LogP contribution < -0.4 is 0 Å². The van der Waals surface area contributed by atoms with Gasteiger partial charge >= 0.3 is 5.97 Å². The summed E-state index contributed by atoms with van der Waals surface area (Å²) in [5, 5.41) is 0.0250. The van der Waals surface area contributed by atoms with Crippen molar-refractivity contribution in [3.05, 3.63) is 35.9 Å². The zero-order chi connectivity index (χ0) is 18.1. The zero-order valence-corrected chi connectivity index (χ0v) is 15.8. The maximum Gasteiger partial charge on any atom is 0.329 e. The van der Waals surface area contributed by atoms with Crippen molar-refractivity contribution in [1.29, 1.82) is 0 Å². The Labute approximate surface area is 154 Å². The first-order valence-corrected chi connectivity index (χ1v) is 9.93. The lowest BCUT2D eigenvalue weighted by molar-refractivity contribution is -0.155. The van der Waals surface area contributed by atoms with Gasteiger partial charge in [-0.3, -0.25) is 4.79 Å². The van der Waals surface area contributed by atoms with E-state index in [4.69, 9.17) is 9.47 Å². The summed E-state index contributed by atoms with van der Waals surface area (Å²) in [7, 11) is 0. The Kier molecular flexibility index (Phi) is 8.28. The highest BCUT2D eigenvalue weighted by atomic mass is 32.2. The first kappa shape index (κ1) is 19.8. The first-order valence-electron chi connectivity index (χ1n) is 8.88. The molecule has 1 aliphatic heterocycles.